The van der Waals surface area contributed by atoms with E-state index in [9.17, 15) is 4.79 Å². The zero-order valence-corrected chi connectivity index (χ0v) is 8.97. The number of carbonyl (C=O) groups excluding carboxylic acids is 1. The first-order valence-corrected chi connectivity index (χ1v) is 5.06. The molecule has 0 aliphatic heterocycles. The van der Waals surface area contributed by atoms with Gasteiger partial charge >= 0.3 is 0 Å². The van der Waals surface area contributed by atoms with Crippen molar-refractivity contribution in [3.8, 4) is 6.07 Å². The average Bonchev–Trinajstić information content (AvgIpc) is 2.89. The molecule has 0 fully saturated rings. The van der Waals surface area contributed by atoms with E-state index in [1.165, 1.54) is 0 Å². The van der Waals surface area contributed by atoms with E-state index in [0.717, 1.165) is 0 Å². The van der Waals surface area contributed by atoms with Crippen LogP contribution in [0.5, 0.6) is 0 Å². The molecule has 0 radical (unpaired) electrons. The van der Waals surface area contributed by atoms with Gasteiger partial charge in [0.25, 0.3) is 5.91 Å². The Morgan fingerprint density at radius 3 is 3.12 bits per heavy atom. The van der Waals surface area contributed by atoms with Gasteiger partial charge in [-0.05, 0) is 18.2 Å². The van der Waals surface area contributed by atoms with Crippen molar-refractivity contribution >= 4 is 5.91 Å². The largest absolute Gasteiger partial charge is 0.347 e. The summed E-state index contributed by atoms with van der Waals surface area (Å²) in [7, 11) is 0. The minimum absolute atomic E-state index is 0.224. The lowest BCUT2D eigenvalue weighted by Crippen LogP contribution is -2.23. The minimum atomic E-state index is -0.224. The van der Waals surface area contributed by atoms with Gasteiger partial charge in [0, 0.05) is 18.0 Å². The van der Waals surface area contributed by atoms with Crippen LogP contribution in [0.25, 0.3) is 0 Å². The second kappa shape index (κ2) is 4.94. The molecule has 0 aliphatic carbocycles. The summed E-state index contributed by atoms with van der Waals surface area (Å²) in [6.45, 7) is 0.336. The third-order valence-electron chi connectivity index (χ3n) is 2.23. The Hall–Kier alpha value is -2.61. The quantitative estimate of drug-likeness (QED) is 0.825. The van der Waals surface area contributed by atoms with Crippen molar-refractivity contribution in [1.82, 2.24) is 15.3 Å². The maximum Gasteiger partial charge on any atom is 0.251 e. The van der Waals surface area contributed by atoms with Gasteiger partial charge in [0.05, 0.1) is 18.2 Å². The zero-order chi connectivity index (χ0) is 12.1. The predicted octanol–water partition coefficient (Wildman–Crippen LogP) is 1.21. The highest BCUT2D eigenvalue weighted by Gasteiger charge is 2.06. The molecular weight excluding hydrogens is 216 g/mol. The Bertz CT molecular complexity index is 554. The van der Waals surface area contributed by atoms with Gasteiger partial charge in [-0.15, -0.1) is 0 Å². The van der Waals surface area contributed by atoms with E-state index >= 15 is 0 Å². The highest BCUT2D eigenvalue weighted by molar-refractivity contribution is 5.94. The molecule has 2 rings (SSSR count). The van der Waals surface area contributed by atoms with Gasteiger partial charge in [0.1, 0.15) is 5.82 Å². The fourth-order valence-electron chi connectivity index (χ4n) is 1.39. The van der Waals surface area contributed by atoms with E-state index in [-0.39, 0.29) is 5.91 Å². The summed E-state index contributed by atoms with van der Waals surface area (Å²) in [5.41, 5.74) is 0.936. The summed E-state index contributed by atoms with van der Waals surface area (Å²) in [5.74, 6) is 0.466. The number of rotatable bonds is 3. The van der Waals surface area contributed by atoms with E-state index in [1.807, 2.05) is 6.07 Å². The molecule has 2 aromatic rings. The minimum Gasteiger partial charge on any atom is -0.347 e. The van der Waals surface area contributed by atoms with E-state index in [1.54, 1.807) is 36.7 Å². The van der Waals surface area contributed by atoms with Crippen LogP contribution in [0.2, 0.25) is 0 Å². The molecule has 1 aromatic carbocycles. The summed E-state index contributed by atoms with van der Waals surface area (Å²) in [6, 6.07) is 8.55. The van der Waals surface area contributed by atoms with E-state index < -0.39 is 0 Å². The molecule has 0 unspecified atom stereocenters. The zero-order valence-electron chi connectivity index (χ0n) is 8.97. The van der Waals surface area contributed by atoms with Crippen molar-refractivity contribution in [3.63, 3.8) is 0 Å². The summed E-state index contributed by atoms with van der Waals surface area (Å²) in [4.78, 5) is 18.6. The summed E-state index contributed by atoms with van der Waals surface area (Å²) >= 11 is 0. The van der Waals surface area contributed by atoms with E-state index in [0.29, 0.717) is 23.5 Å². The first kappa shape index (κ1) is 10.9. The Labute approximate surface area is 98.1 Å². The second-order valence-corrected chi connectivity index (χ2v) is 3.41. The maximum absolute atomic E-state index is 11.7. The molecule has 0 bridgehead atoms. The lowest BCUT2D eigenvalue weighted by Gasteiger charge is -2.03. The van der Waals surface area contributed by atoms with E-state index in [4.69, 9.17) is 5.26 Å². The fourth-order valence-corrected chi connectivity index (χ4v) is 1.39. The summed E-state index contributed by atoms with van der Waals surface area (Å²) < 4.78 is 0. The summed E-state index contributed by atoms with van der Waals surface area (Å²) in [5, 5.41) is 11.4. The standard InChI is InChI=1S/C12H10N4O/c13-7-9-2-1-3-10(6-9)12(17)16-8-11-14-4-5-15-11/h1-6H,8H2,(H,14,15)(H,16,17). The van der Waals surface area contributed by atoms with Crippen LogP contribution >= 0.6 is 0 Å². The Morgan fingerprint density at radius 2 is 2.41 bits per heavy atom. The number of hydrogen-bond donors (Lipinski definition) is 2. The molecule has 5 heteroatoms. The van der Waals surface area contributed by atoms with Gasteiger partial charge in [-0.25, -0.2) is 4.98 Å². The van der Waals surface area contributed by atoms with Gasteiger partial charge in [-0.3, -0.25) is 4.79 Å². The topological polar surface area (TPSA) is 81.6 Å². The van der Waals surface area contributed by atoms with Crippen LogP contribution in [0.4, 0.5) is 0 Å². The highest BCUT2D eigenvalue weighted by Crippen LogP contribution is 2.04. The first-order valence-electron chi connectivity index (χ1n) is 5.06. The molecule has 0 saturated heterocycles. The number of nitriles is 1. The van der Waals surface area contributed by atoms with Gasteiger partial charge in [0.15, 0.2) is 0 Å². The normalized spacial score (nSPS) is 9.59. The second-order valence-electron chi connectivity index (χ2n) is 3.41. The van der Waals surface area contributed by atoms with Crippen molar-refractivity contribution in [1.29, 1.82) is 5.26 Å². The fraction of sp³-hybridized carbons (Fsp3) is 0.0833. The van der Waals surface area contributed by atoms with Crippen LogP contribution in [-0.4, -0.2) is 15.9 Å². The maximum atomic E-state index is 11.7. The highest BCUT2D eigenvalue weighted by atomic mass is 16.1. The number of nitrogens with one attached hydrogen (secondary N) is 2. The smallest absolute Gasteiger partial charge is 0.251 e. The number of nitrogens with zero attached hydrogens (tertiary/aromatic N) is 2. The number of amides is 1. The van der Waals surface area contributed by atoms with Gasteiger partial charge in [-0.2, -0.15) is 5.26 Å². The Balaban J connectivity index is 2.02. The lowest BCUT2D eigenvalue weighted by atomic mass is 10.1. The van der Waals surface area contributed by atoms with Crippen molar-refractivity contribution in [2.75, 3.05) is 0 Å². The third-order valence-corrected chi connectivity index (χ3v) is 2.23. The van der Waals surface area contributed by atoms with Crippen molar-refractivity contribution in [3.05, 3.63) is 53.6 Å². The molecule has 0 spiro atoms. The molecule has 1 aromatic heterocycles. The van der Waals surface area contributed by atoms with Crippen molar-refractivity contribution < 1.29 is 4.79 Å². The number of imidazole rings is 1. The number of hydrogen-bond acceptors (Lipinski definition) is 3. The molecule has 5 nitrogen and oxygen atoms in total. The van der Waals surface area contributed by atoms with E-state index in [2.05, 4.69) is 15.3 Å². The molecular formula is C12H10N4O. The molecule has 1 heterocycles. The molecule has 84 valence electrons. The van der Waals surface area contributed by atoms with Crippen molar-refractivity contribution in [2.45, 2.75) is 6.54 Å². The number of aromatic nitrogens is 2. The average molecular weight is 226 g/mol. The SMILES string of the molecule is N#Cc1cccc(C(=O)NCc2ncc[nH]2)c1. The number of benzene rings is 1. The van der Waals surface area contributed by atoms with Gasteiger partial charge in [0.2, 0.25) is 0 Å². The molecule has 1 amide bonds. The van der Waals surface area contributed by atoms with Crippen LogP contribution in [-0.2, 0) is 6.54 Å². The Kier molecular flexibility index (Phi) is 3.17. The monoisotopic (exact) mass is 226 g/mol. The molecule has 0 atom stereocenters. The lowest BCUT2D eigenvalue weighted by molar-refractivity contribution is 0.0950. The number of aromatic amines is 1. The van der Waals surface area contributed by atoms with Crippen LogP contribution in [0.3, 0.4) is 0 Å². The molecule has 2 N–H and O–H groups in total. The van der Waals surface area contributed by atoms with Gasteiger partial charge in [-0.1, -0.05) is 6.07 Å². The first-order chi connectivity index (χ1) is 8.29. The van der Waals surface area contributed by atoms with Crippen LogP contribution in [0.1, 0.15) is 21.7 Å². The van der Waals surface area contributed by atoms with Crippen LogP contribution in [0, 0.1) is 11.3 Å². The summed E-state index contributed by atoms with van der Waals surface area (Å²) in [6.07, 6.45) is 3.32. The predicted molar refractivity (Wildman–Crippen MR) is 60.9 cm³/mol. The van der Waals surface area contributed by atoms with Gasteiger partial charge < -0.3 is 10.3 Å². The molecule has 0 saturated carbocycles. The molecule has 0 aliphatic rings. The Morgan fingerprint density at radius 1 is 1.53 bits per heavy atom. The third kappa shape index (κ3) is 2.69. The number of H-pyrrole nitrogens is 1. The molecule has 17 heavy (non-hydrogen) atoms. The van der Waals surface area contributed by atoms with Crippen LogP contribution < -0.4 is 5.32 Å². The van der Waals surface area contributed by atoms with Crippen LogP contribution in [0.15, 0.2) is 36.7 Å². The van der Waals surface area contributed by atoms with Crippen molar-refractivity contribution in [2.24, 2.45) is 0 Å². The number of carbonyl (C=O) groups is 1.